The zero-order chi connectivity index (χ0) is 15.7. The molecule has 0 spiro atoms. The Morgan fingerprint density at radius 2 is 1.82 bits per heavy atom. The molecule has 3 rings (SSSR count). The van der Waals surface area contributed by atoms with Crippen LogP contribution in [0.15, 0.2) is 46.1 Å². The van der Waals surface area contributed by atoms with Crippen molar-refractivity contribution >= 4 is 38.7 Å². The molecule has 5 nitrogen and oxygen atoms in total. The smallest absolute Gasteiger partial charge is 0.197 e. The molecule has 3 aromatic rings. The molecule has 0 aliphatic rings. The van der Waals surface area contributed by atoms with E-state index >= 15 is 0 Å². The third-order valence-electron chi connectivity index (χ3n) is 3.54. The van der Waals surface area contributed by atoms with Crippen LogP contribution in [0.5, 0.6) is 0 Å². The minimum Gasteiger partial charge on any atom is -0.611 e. The van der Waals surface area contributed by atoms with Crippen molar-refractivity contribution in [3.05, 3.63) is 46.6 Å². The largest absolute Gasteiger partial charge is 0.611 e. The van der Waals surface area contributed by atoms with Gasteiger partial charge in [-0.05, 0) is 41.5 Å². The number of fused-ring (bicyclic) bond motifs is 2. The predicted molar refractivity (Wildman–Crippen MR) is 89.5 cm³/mol. The number of rotatable bonds is 4. The third-order valence-corrected chi connectivity index (χ3v) is 4.98. The SMILES string of the molecule is Nc1ccc2[nH]c3ccc([S+]([O-])CCCO)cc3c(=O)c2c1. The van der Waals surface area contributed by atoms with E-state index in [9.17, 15) is 9.35 Å². The van der Waals surface area contributed by atoms with Crippen molar-refractivity contribution in [2.45, 2.75) is 11.3 Å². The van der Waals surface area contributed by atoms with E-state index in [1.807, 2.05) is 0 Å². The lowest BCUT2D eigenvalue weighted by Gasteiger charge is -2.10. The van der Waals surface area contributed by atoms with E-state index in [2.05, 4.69) is 4.98 Å². The van der Waals surface area contributed by atoms with Gasteiger partial charge in [0.05, 0.1) is 10.9 Å². The number of benzene rings is 2. The monoisotopic (exact) mass is 316 g/mol. The molecular weight excluding hydrogens is 300 g/mol. The molecule has 1 atom stereocenters. The maximum absolute atomic E-state index is 12.6. The van der Waals surface area contributed by atoms with Crippen molar-refractivity contribution < 1.29 is 9.66 Å². The summed E-state index contributed by atoms with van der Waals surface area (Å²) < 4.78 is 12.1. The van der Waals surface area contributed by atoms with E-state index in [1.165, 1.54) is 0 Å². The van der Waals surface area contributed by atoms with Gasteiger partial charge in [-0.15, -0.1) is 0 Å². The first kappa shape index (κ1) is 14.9. The van der Waals surface area contributed by atoms with E-state index in [-0.39, 0.29) is 12.0 Å². The van der Waals surface area contributed by atoms with Crippen LogP contribution in [-0.4, -0.2) is 27.0 Å². The molecule has 4 N–H and O–H groups in total. The Morgan fingerprint density at radius 3 is 2.55 bits per heavy atom. The summed E-state index contributed by atoms with van der Waals surface area (Å²) in [6.07, 6.45) is 0.468. The number of aliphatic hydroxyl groups is 1. The predicted octanol–water partition coefficient (Wildman–Crippen LogP) is 1.75. The normalized spacial score (nSPS) is 12.8. The molecule has 0 bridgehead atoms. The summed E-state index contributed by atoms with van der Waals surface area (Å²) in [6, 6.07) is 10.3. The van der Waals surface area contributed by atoms with Crippen molar-refractivity contribution in [2.75, 3.05) is 18.1 Å². The Kier molecular flexibility index (Phi) is 4.06. The van der Waals surface area contributed by atoms with Crippen LogP contribution in [0.2, 0.25) is 0 Å². The van der Waals surface area contributed by atoms with Crippen molar-refractivity contribution in [1.29, 1.82) is 0 Å². The zero-order valence-electron chi connectivity index (χ0n) is 11.8. The van der Waals surface area contributed by atoms with Gasteiger partial charge in [0.15, 0.2) is 10.3 Å². The van der Waals surface area contributed by atoms with Crippen LogP contribution >= 0.6 is 0 Å². The first-order valence-corrected chi connectivity index (χ1v) is 8.26. The average molecular weight is 316 g/mol. The second kappa shape index (κ2) is 6.00. The van der Waals surface area contributed by atoms with Gasteiger partial charge in [-0.1, -0.05) is 0 Å². The number of nitrogens with two attached hydrogens (primary N) is 1. The Morgan fingerprint density at radius 1 is 1.14 bits per heavy atom. The molecule has 2 aromatic carbocycles. The van der Waals surface area contributed by atoms with Crippen LogP contribution in [0.1, 0.15) is 6.42 Å². The second-order valence-electron chi connectivity index (χ2n) is 5.09. The molecule has 1 heterocycles. The summed E-state index contributed by atoms with van der Waals surface area (Å²) in [6.45, 7) is 0.00379. The molecule has 0 saturated carbocycles. The van der Waals surface area contributed by atoms with Gasteiger partial charge in [-0.3, -0.25) is 4.79 Å². The van der Waals surface area contributed by atoms with E-state index in [0.29, 0.717) is 39.0 Å². The van der Waals surface area contributed by atoms with Crippen molar-refractivity contribution in [1.82, 2.24) is 4.98 Å². The van der Waals surface area contributed by atoms with Gasteiger partial charge in [-0.2, -0.15) is 0 Å². The molecule has 0 fully saturated rings. The topological polar surface area (TPSA) is 102 Å². The van der Waals surface area contributed by atoms with E-state index in [4.69, 9.17) is 10.8 Å². The highest BCUT2D eigenvalue weighted by molar-refractivity contribution is 7.91. The van der Waals surface area contributed by atoms with Crippen molar-refractivity contribution in [3.63, 3.8) is 0 Å². The van der Waals surface area contributed by atoms with Gasteiger partial charge in [0.2, 0.25) is 0 Å². The third kappa shape index (κ3) is 2.68. The Bertz CT molecular complexity index is 892. The van der Waals surface area contributed by atoms with Crippen LogP contribution in [0.3, 0.4) is 0 Å². The van der Waals surface area contributed by atoms with Gasteiger partial charge < -0.3 is 20.4 Å². The van der Waals surface area contributed by atoms with Crippen LogP contribution in [0, 0.1) is 0 Å². The standard InChI is InChI=1S/C16H16N2O3S/c17-10-2-4-14-12(8-10)16(20)13-9-11(3-5-15(13)18-14)22(21)7-1-6-19/h2-5,8-9,19H,1,6-7,17H2,(H,18,20). The number of aliphatic hydroxyl groups excluding tert-OH is 1. The molecular formula is C16H16N2O3S. The van der Waals surface area contributed by atoms with Gasteiger partial charge in [0, 0.05) is 35.7 Å². The Hall–Kier alpha value is -2.02. The first-order valence-electron chi connectivity index (χ1n) is 6.94. The first-order chi connectivity index (χ1) is 10.6. The van der Waals surface area contributed by atoms with Crippen LogP contribution in [-0.2, 0) is 11.2 Å². The lowest BCUT2D eigenvalue weighted by molar-refractivity contribution is 0.295. The zero-order valence-corrected chi connectivity index (χ0v) is 12.7. The summed E-state index contributed by atoms with van der Waals surface area (Å²) in [4.78, 5) is 16.4. The molecule has 0 amide bonds. The van der Waals surface area contributed by atoms with E-state index in [0.717, 1.165) is 5.52 Å². The lowest BCUT2D eigenvalue weighted by atomic mass is 10.1. The maximum Gasteiger partial charge on any atom is 0.197 e. The summed E-state index contributed by atoms with van der Waals surface area (Å²) >= 11 is -1.22. The Labute approximate surface area is 129 Å². The molecule has 1 unspecified atom stereocenters. The maximum atomic E-state index is 12.6. The van der Waals surface area contributed by atoms with Gasteiger partial charge >= 0.3 is 0 Å². The number of pyridine rings is 1. The summed E-state index contributed by atoms with van der Waals surface area (Å²) in [5, 5.41) is 9.83. The lowest BCUT2D eigenvalue weighted by Crippen LogP contribution is -2.10. The number of aromatic nitrogens is 1. The van der Waals surface area contributed by atoms with Gasteiger partial charge in [0.1, 0.15) is 5.75 Å². The van der Waals surface area contributed by atoms with E-state index in [1.54, 1.807) is 36.4 Å². The molecule has 0 aliphatic carbocycles. The number of nitrogens with one attached hydrogen (secondary N) is 1. The van der Waals surface area contributed by atoms with Crippen molar-refractivity contribution in [3.8, 4) is 0 Å². The second-order valence-corrected chi connectivity index (χ2v) is 6.66. The van der Waals surface area contributed by atoms with Crippen molar-refractivity contribution in [2.24, 2.45) is 0 Å². The number of hydrogen-bond acceptors (Lipinski definition) is 4. The minimum absolute atomic E-state index is 0.00379. The summed E-state index contributed by atoms with van der Waals surface area (Å²) in [5.74, 6) is 0.375. The minimum atomic E-state index is -1.22. The average Bonchev–Trinajstić information content (AvgIpc) is 2.53. The number of hydrogen-bond donors (Lipinski definition) is 3. The molecule has 6 heteroatoms. The highest BCUT2D eigenvalue weighted by Gasteiger charge is 2.13. The summed E-state index contributed by atoms with van der Waals surface area (Å²) in [7, 11) is 0. The summed E-state index contributed by atoms with van der Waals surface area (Å²) in [5.41, 5.74) is 7.57. The molecule has 1 aromatic heterocycles. The van der Waals surface area contributed by atoms with Crippen LogP contribution < -0.4 is 11.2 Å². The van der Waals surface area contributed by atoms with E-state index < -0.39 is 11.2 Å². The number of aromatic amines is 1. The Balaban J connectivity index is 2.16. The van der Waals surface area contributed by atoms with Gasteiger partial charge in [-0.25, -0.2) is 0 Å². The number of H-pyrrole nitrogens is 1. The molecule has 0 radical (unpaired) electrons. The fourth-order valence-corrected chi connectivity index (χ4v) is 3.52. The molecule has 0 saturated heterocycles. The van der Waals surface area contributed by atoms with Crippen LogP contribution in [0.25, 0.3) is 21.8 Å². The molecule has 22 heavy (non-hydrogen) atoms. The number of nitrogen functional groups attached to an aromatic ring is 1. The highest BCUT2D eigenvalue weighted by Crippen LogP contribution is 2.21. The fourth-order valence-electron chi connectivity index (χ4n) is 2.42. The van der Waals surface area contributed by atoms with Gasteiger partial charge in [0.25, 0.3) is 0 Å². The van der Waals surface area contributed by atoms with Crippen LogP contribution in [0.4, 0.5) is 5.69 Å². The molecule has 0 aliphatic heterocycles. The highest BCUT2D eigenvalue weighted by atomic mass is 32.2. The molecule has 114 valence electrons. The number of anilines is 1. The quantitative estimate of drug-likeness (QED) is 0.388. The fraction of sp³-hybridized carbons (Fsp3) is 0.188.